The third-order valence-corrected chi connectivity index (χ3v) is 3.13. The molecule has 0 bridgehead atoms. The van der Waals surface area contributed by atoms with Crippen molar-refractivity contribution in [3.63, 3.8) is 0 Å². The molecule has 1 unspecified atom stereocenters. The zero-order valence-corrected chi connectivity index (χ0v) is 9.88. The fraction of sp³-hybridized carbons (Fsp3) is 0.667. The lowest BCUT2D eigenvalue weighted by molar-refractivity contribution is 0.185. The van der Waals surface area contributed by atoms with Crippen LogP contribution < -0.4 is 5.56 Å². The number of rotatable bonds is 3. The van der Waals surface area contributed by atoms with Gasteiger partial charge in [0.05, 0.1) is 0 Å². The molecule has 1 atom stereocenters. The first kappa shape index (κ1) is 11.3. The van der Waals surface area contributed by atoms with E-state index >= 15 is 0 Å². The molecule has 2 rings (SSSR count). The summed E-state index contributed by atoms with van der Waals surface area (Å²) < 4.78 is 5.31. The van der Waals surface area contributed by atoms with E-state index in [4.69, 9.17) is 4.74 Å². The minimum absolute atomic E-state index is 0.0175. The van der Waals surface area contributed by atoms with Gasteiger partial charge in [-0.05, 0) is 25.7 Å². The molecule has 1 fully saturated rings. The molecule has 88 valence electrons. The number of aromatic nitrogens is 2. The minimum atomic E-state index is 0.0175. The Balaban J connectivity index is 2.19. The van der Waals surface area contributed by atoms with Crippen LogP contribution in [0.4, 0.5) is 0 Å². The quantitative estimate of drug-likeness (QED) is 0.836. The summed E-state index contributed by atoms with van der Waals surface area (Å²) in [4.78, 5) is 19.1. The number of nitrogens with zero attached hydrogens (tertiary/aromatic N) is 1. The second kappa shape index (κ2) is 4.78. The fourth-order valence-electron chi connectivity index (χ4n) is 2.20. The maximum atomic E-state index is 11.7. The monoisotopic (exact) mass is 222 g/mol. The van der Waals surface area contributed by atoms with E-state index < -0.39 is 0 Å². The van der Waals surface area contributed by atoms with Crippen molar-refractivity contribution in [1.82, 2.24) is 9.97 Å². The fourth-order valence-corrected chi connectivity index (χ4v) is 2.20. The molecule has 0 spiro atoms. The highest BCUT2D eigenvalue weighted by Crippen LogP contribution is 2.16. The molecule has 1 aromatic heterocycles. The SMILES string of the molecule is CCc1c(C)nc(CC2CCOC2)[nH]c1=O. The van der Waals surface area contributed by atoms with Crippen molar-refractivity contribution < 1.29 is 4.74 Å². The Kier molecular flexibility index (Phi) is 3.39. The van der Waals surface area contributed by atoms with Gasteiger partial charge in [-0.2, -0.15) is 0 Å². The minimum Gasteiger partial charge on any atom is -0.381 e. The number of nitrogens with one attached hydrogen (secondary N) is 1. The van der Waals surface area contributed by atoms with Crippen LogP contribution in [0.25, 0.3) is 0 Å². The van der Waals surface area contributed by atoms with E-state index in [9.17, 15) is 4.79 Å². The van der Waals surface area contributed by atoms with Gasteiger partial charge in [-0.1, -0.05) is 6.92 Å². The average molecular weight is 222 g/mol. The Morgan fingerprint density at radius 3 is 2.94 bits per heavy atom. The van der Waals surface area contributed by atoms with Gasteiger partial charge >= 0.3 is 0 Å². The lowest BCUT2D eigenvalue weighted by Gasteiger charge is -2.08. The van der Waals surface area contributed by atoms with Gasteiger partial charge in [-0.25, -0.2) is 4.98 Å². The maximum absolute atomic E-state index is 11.7. The normalized spacial score (nSPS) is 20.2. The second-order valence-corrected chi connectivity index (χ2v) is 4.36. The topological polar surface area (TPSA) is 55.0 Å². The summed E-state index contributed by atoms with van der Waals surface area (Å²) in [5.41, 5.74) is 1.68. The molecule has 1 aliphatic heterocycles. The van der Waals surface area contributed by atoms with Gasteiger partial charge in [-0.15, -0.1) is 0 Å². The Morgan fingerprint density at radius 2 is 2.38 bits per heavy atom. The molecule has 4 nitrogen and oxygen atoms in total. The number of ether oxygens (including phenoxy) is 1. The summed E-state index contributed by atoms with van der Waals surface area (Å²) in [5, 5.41) is 0. The highest BCUT2D eigenvalue weighted by Gasteiger charge is 2.17. The van der Waals surface area contributed by atoms with E-state index in [1.54, 1.807) is 0 Å². The average Bonchev–Trinajstić information content (AvgIpc) is 2.70. The first-order valence-corrected chi connectivity index (χ1v) is 5.87. The van der Waals surface area contributed by atoms with Crippen LogP contribution in [-0.2, 0) is 17.6 Å². The molecule has 1 aromatic rings. The summed E-state index contributed by atoms with van der Waals surface area (Å²) in [6.45, 7) is 5.51. The lowest BCUT2D eigenvalue weighted by Crippen LogP contribution is -2.20. The van der Waals surface area contributed by atoms with Crippen LogP contribution in [0.3, 0.4) is 0 Å². The molecule has 4 heteroatoms. The van der Waals surface area contributed by atoms with Crippen LogP contribution in [0, 0.1) is 12.8 Å². The van der Waals surface area contributed by atoms with Crippen molar-refractivity contribution >= 4 is 0 Å². The van der Waals surface area contributed by atoms with Crippen molar-refractivity contribution in [3.8, 4) is 0 Å². The summed E-state index contributed by atoms with van der Waals surface area (Å²) in [6.07, 6.45) is 2.62. The summed E-state index contributed by atoms with van der Waals surface area (Å²) in [7, 11) is 0. The highest BCUT2D eigenvalue weighted by atomic mass is 16.5. The molecule has 0 saturated carbocycles. The Morgan fingerprint density at radius 1 is 1.56 bits per heavy atom. The molecule has 1 aliphatic rings. The predicted octanol–water partition coefficient (Wildman–Crippen LogP) is 1.22. The standard InChI is InChI=1S/C12H18N2O2/c1-3-10-8(2)13-11(14-12(10)15)6-9-4-5-16-7-9/h9H,3-7H2,1-2H3,(H,13,14,15). The molecule has 1 saturated heterocycles. The van der Waals surface area contributed by atoms with Crippen LogP contribution in [0.15, 0.2) is 4.79 Å². The largest absolute Gasteiger partial charge is 0.381 e. The Hall–Kier alpha value is -1.16. The molecule has 1 N–H and O–H groups in total. The number of hydrogen-bond donors (Lipinski definition) is 1. The summed E-state index contributed by atoms with van der Waals surface area (Å²) >= 11 is 0. The van der Waals surface area contributed by atoms with Gasteiger partial charge < -0.3 is 9.72 Å². The number of aryl methyl sites for hydroxylation is 1. The Bertz CT molecular complexity index is 420. The lowest BCUT2D eigenvalue weighted by atomic mass is 10.0. The molecule has 0 aromatic carbocycles. The smallest absolute Gasteiger partial charge is 0.254 e. The molecule has 0 amide bonds. The van der Waals surface area contributed by atoms with Crippen molar-refractivity contribution in [3.05, 3.63) is 27.4 Å². The van der Waals surface area contributed by atoms with Gasteiger partial charge in [0.1, 0.15) is 5.82 Å². The van der Waals surface area contributed by atoms with Gasteiger partial charge in [-0.3, -0.25) is 4.79 Å². The Labute approximate surface area is 95.1 Å². The van der Waals surface area contributed by atoms with Gasteiger partial charge in [0.2, 0.25) is 0 Å². The van der Waals surface area contributed by atoms with Crippen LogP contribution in [0.1, 0.15) is 30.4 Å². The third-order valence-electron chi connectivity index (χ3n) is 3.13. The first-order chi connectivity index (χ1) is 7.70. The van der Waals surface area contributed by atoms with Crippen molar-refractivity contribution in [2.45, 2.75) is 33.1 Å². The third kappa shape index (κ3) is 2.32. The summed E-state index contributed by atoms with van der Waals surface area (Å²) in [5.74, 6) is 1.31. The van der Waals surface area contributed by atoms with Crippen LogP contribution >= 0.6 is 0 Å². The van der Waals surface area contributed by atoms with Crippen molar-refractivity contribution in [1.29, 1.82) is 0 Å². The maximum Gasteiger partial charge on any atom is 0.254 e. The van der Waals surface area contributed by atoms with Gasteiger partial charge in [0, 0.05) is 30.9 Å². The zero-order valence-electron chi connectivity index (χ0n) is 9.88. The predicted molar refractivity (Wildman–Crippen MR) is 61.6 cm³/mol. The summed E-state index contributed by atoms with van der Waals surface area (Å²) in [6, 6.07) is 0. The zero-order chi connectivity index (χ0) is 11.5. The van der Waals surface area contributed by atoms with Crippen molar-refractivity contribution in [2.75, 3.05) is 13.2 Å². The second-order valence-electron chi connectivity index (χ2n) is 4.36. The van der Waals surface area contributed by atoms with E-state index in [0.717, 1.165) is 49.6 Å². The highest BCUT2D eigenvalue weighted by molar-refractivity contribution is 5.16. The van der Waals surface area contributed by atoms with E-state index in [-0.39, 0.29) is 5.56 Å². The van der Waals surface area contributed by atoms with E-state index in [0.29, 0.717) is 5.92 Å². The van der Waals surface area contributed by atoms with Gasteiger partial charge in [0.25, 0.3) is 5.56 Å². The van der Waals surface area contributed by atoms with Crippen molar-refractivity contribution in [2.24, 2.45) is 5.92 Å². The van der Waals surface area contributed by atoms with Crippen LogP contribution in [-0.4, -0.2) is 23.2 Å². The first-order valence-electron chi connectivity index (χ1n) is 5.87. The van der Waals surface area contributed by atoms with Crippen LogP contribution in [0.5, 0.6) is 0 Å². The molecule has 0 radical (unpaired) electrons. The number of H-pyrrole nitrogens is 1. The van der Waals surface area contributed by atoms with E-state index in [1.165, 1.54) is 0 Å². The molecule has 2 heterocycles. The number of aromatic amines is 1. The molecular formula is C12H18N2O2. The van der Waals surface area contributed by atoms with E-state index in [1.807, 2.05) is 13.8 Å². The van der Waals surface area contributed by atoms with E-state index in [2.05, 4.69) is 9.97 Å². The molecular weight excluding hydrogens is 204 g/mol. The van der Waals surface area contributed by atoms with Crippen LogP contribution in [0.2, 0.25) is 0 Å². The molecule has 0 aliphatic carbocycles. The molecule has 16 heavy (non-hydrogen) atoms. The van der Waals surface area contributed by atoms with Gasteiger partial charge in [0.15, 0.2) is 0 Å². The number of hydrogen-bond acceptors (Lipinski definition) is 3.